The number of rotatable bonds is 7. The lowest BCUT2D eigenvalue weighted by Crippen LogP contribution is -2.51. The predicted octanol–water partition coefficient (Wildman–Crippen LogP) is -1.55. The number of nitrogens with zero attached hydrogens (tertiary/aromatic N) is 2. The van der Waals surface area contributed by atoms with Gasteiger partial charge in [-0.1, -0.05) is 0 Å². The van der Waals surface area contributed by atoms with Crippen molar-refractivity contribution in [2.45, 2.75) is 0 Å². The third-order valence-corrected chi connectivity index (χ3v) is 2.84. The van der Waals surface area contributed by atoms with Crippen LogP contribution in [0.15, 0.2) is 0 Å². The van der Waals surface area contributed by atoms with Gasteiger partial charge in [0.25, 0.3) is 0 Å². The van der Waals surface area contributed by atoms with Crippen molar-refractivity contribution in [3.05, 3.63) is 0 Å². The maximum Gasteiger partial charge on any atom is 0.317 e. The molecule has 0 radical (unpaired) electrons. The number of methoxy groups -OCH3 is 1. The van der Waals surface area contributed by atoms with Gasteiger partial charge in [0.2, 0.25) is 5.91 Å². The summed E-state index contributed by atoms with van der Waals surface area (Å²) in [6, 6.07) is 0. The largest absolute Gasteiger partial charge is 0.480 e. The van der Waals surface area contributed by atoms with Gasteiger partial charge < -0.3 is 20.1 Å². The minimum absolute atomic E-state index is 0.0497. The van der Waals surface area contributed by atoms with Crippen molar-refractivity contribution in [1.82, 2.24) is 15.1 Å². The molecule has 2 N–H and O–H groups in total. The van der Waals surface area contributed by atoms with Gasteiger partial charge in [-0.15, -0.1) is 0 Å². The summed E-state index contributed by atoms with van der Waals surface area (Å²) in [4.78, 5) is 25.9. The van der Waals surface area contributed by atoms with Gasteiger partial charge in [0, 0.05) is 39.8 Å². The molecule has 0 bridgehead atoms. The van der Waals surface area contributed by atoms with Crippen LogP contribution in [0, 0.1) is 0 Å². The van der Waals surface area contributed by atoms with Crippen LogP contribution in [-0.2, 0) is 14.3 Å². The number of carboxylic acid groups (broad SMARTS) is 1. The van der Waals surface area contributed by atoms with Crippen LogP contribution in [0.2, 0.25) is 0 Å². The molecule has 0 aromatic heterocycles. The van der Waals surface area contributed by atoms with Crippen molar-refractivity contribution in [2.75, 3.05) is 59.5 Å². The summed E-state index contributed by atoms with van der Waals surface area (Å²) in [5, 5.41) is 11.7. The molecule has 1 heterocycles. The lowest BCUT2D eigenvalue weighted by Gasteiger charge is -2.33. The van der Waals surface area contributed by atoms with Crippen LogP contribution < -0.4 is 5.32 Å². The highest BCUT2D eigenvalue weighted by molar-refractivity contribution is 5.78. The minimum atomic E-state index is -0.823. The van der Waals surface area contributed by atoms with Crippen molar-refractivity contribution in [3.8, 4) is 0 Å². The van der Waals surface area contributed by atoms with Gasteiger partial charge in [-0.3, -0.25) is 14.5 Å². The van der Waals surface area contributed by atoms with E-state index in [9.17, 15) is 9.59 Å². The number of nitrogens with one attached hydrogen (secondary N) is 1. The number of carboxylic acids is 1. The number of piperazine rings is 1. The summed E-state index contributed by atoms with van der Waals surface area (Å²) >= 11 is 0. The first-order chi connectivity index (χ1) is 8.63. The standard InChI is InChI=1S/C11H21N3O4/c1-18-7-2-12-8-10(15)14-5-3-13(4-6-14)9-11(16)17/h12H,2-9H2,1H3,(H,16,17). The Balaban J connectivity index is 2.17. The summed E-state index contributed by atoms with van der Waals surface area (Å²) < 4.78 is 4.87. The Bertz CT molecular complexity index is 277. The molecule has 7 nitrogen and oxygen atoms in total. The second kappa shape index (κ2) is 8.02. The van der Waals surface area contributed by atoms with Crippen LogP contribution >= 0.6 is 0 Å². The lowest BCUT2D eigenvalue weighted by molar-refractivity contribution is -0.139. The maximum atomic E-state index is 11.8. The van der Waals surface area contributed by atoms with Gasteiger partial charge in [0.05, 0.1) is 19.7 Å². The molecule has 0 aromatic carbocycles. The number of hydrogen-bond donors (Lipinski definition) is 2. The van der Waals surface area contributed by atoms with Gasteiger partial charge in [0.1, 0.15) is 0 Å². The summed E-state index contributed by atoms with van der Waals surface area (Å²) in [6.07, 6.45) is 0. The number of aliphatic carboxylic acids is 1. The molecule has 0 unspecified atom stereocenters. The summed E-state index contributed by atoms with van der Waals surface area (Å²) in [7, 11) is 1.62. The molecule has 0 saturated carbocycles. The first-order valence-electron chi connectivity index (χ1n) is 6.05. The van der Waals surface area contributed by atoms with Gasteiger partial charge in [-0.2, -0.15) is 0 Å². The molecule has 18 heavy (non-hydrogen) atoms. The van der Waals surface area contributed by atoms with Crippen LogP contribution in [0.25, 0.3) is 0 Å². The third kappa shape index (κ3) is 5.44. The van der Waals surface area contributed by atoms with E-state index in [-0.39, 0.29) is 12.5 Å². The van der Waals surface area contributed by atoms with Crippen molar-refractivity contribution in [3.63, 3.8) is 0 Å². The van der Waals surface area contributed by atoms with E-state index in [2.05, 4.69) is 5.32 Å². The lowest BCUT2D eigenvalue weighted by atomic mass is 10.3. The summed E-state index contributed by atoms with van der Waals surface area (Å²) in [6.45, 7) is 4.03. The quantitative estimate of drug-likeness (QED) is 0.539. The molecule has 1 amide bonds. The molecule has 7 heteroatoms. The van der Waals surface area contributed by atoms with Gasteiger partial charge >= 0.3 is 5.97 Å². The fourth-order valence-corrected chi connectivity index (χ4v) is 1.83. The van der Waals surface area contributed by atoms with E-state index < -0.39 is 5.97 Å². The zero-order chi connectivity index (χ0) is 13.4. The highest BCUT2D eigenvalue weighted by atomic mass is 16.5. The average molecular weight is 259 g/mol. The smallest absolute Gasteiger partial charge is 0.317 e. The SMILES string of the molecule is COCCNCC(=O)N1CCN(CC(=O)O)CC1. The Morgan fingerprint density at radius 2 is 1.94 bits per heavy atom. The molecule has 1 aliphatic rings. The number of amides is 1. The first kappa shape index (κ1) is 14.9. The highest BCUT2D eigenvalue weighted by Crippen LogP contribution is 2.01. The highest BCUT2D eigenvalue weighted by Gasteiger charge is 2.21. The molecule has 1 aliphatic heterocycles. The number of carbonyl (C=O) groups excluding carboxylic acids is 1. The Morgan fingerprint density at radius 3 is 2.50 bits per heavy atom. The molecule has 0 atom stereocenters. The van der Waals surface area contributed by atoms with Crippen LogP contribution in [0.5, 0.6) is 0 Å². The van der Waals surface area contributed by atoms with Gasteiger partial charge in [0.15, 0.2) is 0 Å². The van der Waals surface area contributed by atoms with Crippen LogP contribution in [0.3, 0.4) is 0 Å². The molecular weight excluding hydrogens is 238 g/mol. The Hall–Kier alpha value is -1.18. The van der Waals surface area contributed by atoms with Crippen LogP contribution in [0.4, 0.5) is 0 Å². The zero-order valence-corrected chi connectivity index (χ0v) is 10.7. The second-order valence-corrected chi connectivity index (χ2v) is 4.22. The summed E-state index contributed by atoms with van der Waals surface area (Å²) in [5.41, 5.74) is 0. The maximum absolute atomic E-state index is 11.8. The topological polar surface area (TPSA) is 82.1 Å². The molecule has 0 aliphatic carbocycles. The van der Waals surface area contributed by atoms with E-state index in [1.54, 1.807) is 12.0 Å². The van der Waals surface area contributed by atoms with Crippen molar-refractivity contribution in [1.29, 1.82) is 0 Å². The van der Waals surface area contributed by atoms with Crippen molar-refractivity contribution < 1.29 is 19.4 Å². The number of carbonyl (C=O) groups is 2. The van der Waals surface area contributed by atoms with E-state index in [0.717, 1.165) is 0 Å². The zero-order valence-electron chi connectivity index (χ0n) is 10.7. The van der Waals surface area contributed by atoms with E-state index in [1.807, 2.05) is 4.90 Å². The molecule has 0 aromatic rings. The average Bonchev–Trinajstić information content (AvgIpc) is 2.34. The fraction of sp³-hybridized carbons (Fsp3) is 0.818. The number of ether oxygens (including phenoxy) is 1. The Kier molecular flexibility index (Phi) is 6.63. The van der Waals surface area contributed by atoms with Crippen LogP contribution in [-0.4, -0.2) is 86.3 Å². The Labute approximate surface area is 107 Å². The van der Waals surface area contributed by atoms with E-state index in [1.165, 1.54) is 0 Å². The van der Waals surface area contributed by atoms with Gasteiger partial charge in [-0.25, -0.2) is 0 Å². The summed E-state index contributed by atoms with van der Waals surface area (Å²) in [5.74, 6) is -0.767. The normalized spacial score (nSPS) is 16.8. The molecule has 1 fully saturated rings. The Morgan fingerprint density at radius 1 is 1.28 bits per heavy atom. The molecule has 1 saturated heterocycles. The van der Waals surface area contributed by atoms with Crippen LogP contribution in [0.1, 0.15) is 0 Å². The minimum Gasteiger partial charge on any atom is -0.480 e. The monoisotopic (exact) mass is 259 g/mol. The molecule has 104 valence electrons. The predicted molar refractivity (Wildman–Crippen MR) is 65.4 cm³/mol. The molecule has 1 rings (SSSR count). The second-order valence-electron chi connectivity index (χ2n) is 4.22. The van der Waals surface area contributed by atoms with E-state index in [0.29, 0.717) is 45.9 Å². The van der Waals surface area contributed by atoms with Crippen molar-refractivity contribution >= 4 is 11.9 Å². The molecule has 0 spiro atoms. The van der Waals surface area contributed by atoms with Gasteiger partial charge in [-0.05, 0) is 0 Å². The third-order valence-electron chi connectivity index (χ3n) is 2.84. The van der Waals surface area contributed by atoms with E-state index >= 15 is 0 Å². The fourth-order valence-electron chi connectivity index (χ4n) is 1.83. The van der Waals surface area contributed by atoms with Crippen molar-refractivity contribution in [2.24, 2.45) is 0 Å². The van der Waals surface area contributed by atoms with E-state index in [4.69, 9.17) is 9.84 Å². The molecular formula is C11H21N3O4. The first-order valence-corrected chi connectivity index (χ1v) is 6.05. The number of hydrogen-bond acceptors (Lipinski definition) is 5.